The van der Waals surface area contributed by atoms with Gasteiger partial charge in [-0.3, -0.25) is 9.59 Å². The molecule has 2 N–H and O–H groups in total. The van der Waals surface area contributed by atoms with Crippen LogP contribution in [0.5, 0.6) is 0 Å². The van der Waals surface area contributed by atoms with E-state index in [1.54, 1.807) is 11.8 Å². The van der Waals surface area contributed by atoms with E-state index in [9.17, 15) is 18.0 Å². The van der Waals surface area contributed by atoms with Crippen LogP contribution in [-0.4, -0.2) is 60.8 Å². The minimum atomic E-state index is -3.71. The van der Waals surface area contributed by atoms with E-state index in [1.807, 2.05) is 0 Å². The zero-order valence-electron chi connectivity index (χ0n) is 10.9. The fourth-order valence-corrected chi connectivity index (χ4v) is 5.72. The van der Waals surface area contributed by atoms with Crippen molar-refractivity contribution in [3.8, 4) is 0 Å². The number of nitrogens with one attached hydrogen (secondary N) is 1. The van der Waals surface area contributed by atoms with Gasteiger partial charge in [0, 0.05) is 24.6 Å². The van der Waals surface area contributed by atoms with Crippen LogP contribution in [-0.2, 0) is 14.8 Å². The zero-order valence-corrected chi connectivity index (χ0v) is 13.4. The van der Waals surface area contributed by atoms with Crippen molar-refractivity contribution in [3.63, 3.8) is 0 Å². The second-order valence-electron chi connectivity index (χ2n) is 4.21. The fraction of sp³-hybridized carbons (Fsp3) is 0.455. The molecule has 7 nitrogen and oxygen atoms in total. The Labute approximate surface area is 130 Å². The molecule has 2 heterocycles. The molecule has 1 aromatic heterocycles. The molecule has 1 aliphatic rings. The Hall–Kier alpha value is -1.10. The summed E-state index contributed by atoms with van der Waals surface area (Å²) in [6.07, 6.45) is 0. The van der Waals surface area contributed by atoms with Gasteiger partial charge in [0.25, 0.3) is 5.91 Å². The van der Waals surface area contributed by atoms with Crippen LogP contribution in [0, 0.1) is 0 Å². The van der Waals surface area contributed by atoms with E-state index in [-0.39, 0.29) is 9.77 Å². The summed E-state index contributed by atoms with van der Waals surface area (Å²) in [7, 11) is -3.71. The molecule has 0 aliphatic carbocycles. The number of nitrogens with zero attached hydrogens (tertiary/aromatic N) is 1. The number of thioether (sulfide) groups is 1. The molecule has 2 rings (SSSR count). The number of aliphatic carboxylic acids is 1. The van der Waals surface area contributed by atoms with Crippen LogP contribution in [0.3, 0.4) is 0 Å². The maximum atomic E-state index is 12.5. The Bertz CT molecular complexity index is 634. The highest BCUT2D eigenvalue weighted by Gasteiger charge is 2.31. The van der Waals surface area contributed by atoms with Crippen LogP contribution in [0.25, 0.3) is 0 Å². The lowest BCUT2D eigenvalue weighted by atomic mass is 10.4. The van der Waals surface area contributed by atoms with Gasteiger partial charge in [-0.2, -0.15) is 16.1 Å². The molecular formula is C11H14N2O5S3. The van der Waals surface area contributed by atoms with Gasteiger partial charge in [-0.05, 0) is 11.4 Å². The number of thiophene rings is 1. The molecule has 10 heteroatoms. The highest BCUT2D eigenvalue weighted by molar-refractivity contribution is 7.99. The molecule has 1 aromatic rings. The van der Waals surface area contributed by atoms with Gasteiger partial charge in [0.15, 0.2) is 0 Å². The summed E-state index contributed by atoms with van der Waals surface area (Å²) in [5.74, 6) is -0.414. The Morgan fingerprint density at radius 1 is 1.33 bits per heavy atom. The van der Waals surface area contributed by atoms with E-state index in [0.29, 0.717) is 13.1 Å². The Kier molecular flexibility index (Phi) is 5.25. The van der Waals surface area contributed by atoms with Crippen molar-refractivity contribution in [2.45, 2.75) is 4.90 Å². The molecule has 1 amide bonds. The number of rotatable bonds is 5. The molecule has 0 radical (unpaired) electrons. The standard InChI is InChI=1S/C11H14N2O5S3/c14-9(15)7-12-11(16)10-8(1-4-20-10)21(17,18)13-2-5-19-6-3-13/h1,4H,2-3,5-7H2,(H,12,16)(H,14,15). The Morgan fingerprint density at radius 3 is 2.62 bits per heavy atom. The summed E-state index contributed by atoms with van der Waals surface area (Å²) in [5, 5.41) is 12.3. The van der Waals surface area contributed by atoms with Crippen LogP contribution in [0.1, 0.15) is 9.67 Å². The maximum Gasteiger partial charge on any atom is 0.322 e. The van der Waals surface area contributed by atoms with Crippen molar-refractivity contribution < 1.29 is 23.1 Å². The monoisotopic (exact) mass is 350 g/mol. The van der Waals surface area contributed by atoms with E-state index in [1.165, 1.54) is 15.8 Å². The van der Waals surface area contributed by atoms with Crippen molar-refractivity contribution in [3.05, 3.63) is 16.3 Å². The predicted octanol–water partition coefficient (Wildman–Crippen LogP) is 0.300. The number of amides is 1. The average molecular weight is 350 g/mol. The number of carboxylic acid groups (broad SMARTS) is 1. The van der Waals surface area contributed by atoms with Crippen molar-refractivity contribution in [2.24, 2.45) is 0 Å². The first-order valence-electron chi connectivity index (χ1n) is 6.08. The minimum Gasteiger partial charge on any atom is -0.480 e. The zero-order chi connectivity index (χ0) is 15.5. The van der Waals surface area contributed by atoms with E-state index in [0.717, 1.165) is 22.8 Å². The summed E-state index contributed by atoms with van der Waals surface area (Å²) in [6, 6.07) is 1.39. The summed E-state index contributed by atoms with van der Waals surface area (Å²) >= 11 is 2.67. The molecule has 0 atom stereocenters. The Balaban J connectivity index is 2.22. The maximum absolute atomic E-state index is 12.5. The number of carboxylic acids is 1. The third-order valence-electron chi connectivity index (χ3n) is 2.82. The molecule has 0 saturated carbocycles. The second kappa shape index (κ2) is 6.77. The van der Waals surface area contributed by atoms with Crippen molar-refractivity contribution in [1.82, 2.24) is 9.62 Å². The third kappa shape index (κ3) is 3.76. The normalized spacial score (nSPS) is 16.6. The van der Waals surface area contributed by atoms with Crippen LogP contribution in [0.4, 0.5) is 0 Å². The topological polar surface area (TPSA) is 104 Å². The molecule has 0 aromatic carbocycles. The lowest BCUT2D eigenvalue weighted by molar-refractivity contribution is -0.135. The van der Waals surface area contributed by atoms with Crippen molar-refractivity contribution >= 4 is 45.0 Å². The van der Waals surface area contributed by atoms with E-state index >= 15 is 0 Å². The van der Waals surface area contributed by atoms with E-state index in [2.05, 4.69) is 5.32 Å². The highest BCUT2D eigenvalue weighted by atomic mass is 32.2. The number of sulfonamides is 1. The third-order valence-corrected chi connectivity index (χ3v) is 6.75. The average Bonchev–Trinajstić information content (AvgIpc) is 2.96. The molecule has 21 heavy (non-hydrogen) atoms. The summed E-state index contributed by atoms with van der Waals surface area (Å²) in [6.45, 7) is 0.286. The van der Waals surface area contributed by atoms with Gasteiger partial charge in [0.2, 0.25) is 10.0 Å². The molecule has 0 spiro atoms. The van der Waals surface area contributed by atoms with Crippen LogP contribution in [0.15, 0.2) is 16.3 Å². The van der Waals surface area contributed by atoms with Crippen molar-refractivity contribution in [2.75, 3.05) is 31.1 Å². The first-order chi connectivity index (χ1) is 9.93. The molecule has 1 fully saturated rings. The number of hydrogen-bond donors (Lipinski definition) is 2. The smallest absolute Gasteiger partial charge is 0.322 e. The Morgan fingerprint density at radius 2 is 2.00 bits per heavy atom. The lowest BCUT2D eigenvalue weighted by Gasteiger charge is -2.25. The fourth-order valence-electron chi connectivity index (χ4n) is 1.83. The van der Waals surface area contributed by atoms with Gasteiger partial charge in [-0.25, -0.2) is 8.42 Å². The molecule has 0 unspecified atom stereocenters. The second-order valence-corrected chi connectivity index (χ2v) is 8.25. The SMILES string of the molecule is O=C(O)CNC(=O)c1sccc1S(=O)(=O)N1CCSCC1. The van der Waals surface area contributed by atoms with Crippen LogP contribution in [0.2, 0.25) is 0 Å². The van der Waals surface area contributed by atoms with Gasteiger partial charge in [0.1, 0.15) is 16.3 Å². The van der Waals surface area contributed by atoms with Gasteiger partial charge in [0.05, 0.1) is 0 Å². The first kappa shape index (κ1) is 16.3. The van der Waals surface area contributed by atoms with Crippen molar-refractivity contribution in [1.29, 1.82) is 0 Å². The first-order valence-corrected chi connectivity index (χ1v) is 9.56. The summed E-state index contributed by atoms with van der Waals surface area (Å²) in [5.41, 5.74) is 0. The number of hydrogen-bond acceptors (Lipinski definition) is 6. The minimum absolute atomic E-state index is 0.0227. The van der Waals surface area contributed by atoms with Gasteiger partial charge < -0.3 is 10.4 Å². The van der Waals surface area contributed by atoms with Gasteiger partial charge >= 0.3 is 5.97 Å². The number of carbonyl (C=O) groups excluding carboxylic acids is 1. The van der Waals surface area contributed by atoms with Gasteiger partial charge in [-0.1, -0.05) is 0 Å². The summed E-state index contributed by atoms with van der Waals surface area (Å²) in [4.78, 5) is 22.3. The van der Waals surface area contributed by atoms with Crippen LogP contribution < -0.4 is 5.32 Å². The molecule has 1 saturated heterocycles. The lowest BCUT2D eigenvalue weighted by Crippen LogP contribution is -2.38. The van der Waals surface area contributed by atoms with E-state index < -0.39 is 28.4 Å². The summed E-state index contributed by atoms with van der Waals surface area (Å²) < 4.78 is 26.4. The molecular weight excluding hydrogens is 336 g/mol. The molecule has 116 valence electrons. The highest BCUT2D eigenvalue weighted by Crippen LogP contribution is 2.26. The number of carbonyl (C=O) groups is 2. The van der Waals surface area contributed by atoms with Crippen LogP contribution >= 0.6 is 23.1 Å². The molecule has 0 bridgehead atoms. The van der Waals surface area contributed by atoms with E-state index in [4.69, 9.17) is 5.11 Å². The predicted molar refractivity (Wildman–Crippen MR) is 80.4 cm³/mol. The van der Waals surface area contributed by atoms with Gasteiger partial charge in [-0.15, -0.1) is 11.3 Å². The quantitative estimate of drug-likeness (QED) is 0.792. The largest absolute Gasteiger partial charge is 0.480 e. The molecule has 1 aliphatic heterocycles.